The highest BCUT2D eigenvalue weighted by molar-refractivity contribution is 5.95. The Bertz CT molecular complexity index is 561. The van der Waals surface area contributed by atoms with Gasteiger partial charge < -0.3 is 14.8 Å². The molecule has 0 spiro atoms. The standard InChI is InChI=1S/C17H27N3O4/c1-6-7-12(4)18-17(22)20-19-16(21)13-8-9-14(24-11(2)3)15(10-13)23-5/h8-12H,6-7H2,1-5H3,(H,19,21)(H2,18,20,22)/t12-/m1/s1. The third-order valence-electron chi connectivity index (χ3n) is 3.18. The van der Waals surface area contributed by atoms with Crippen molar-refractivity contribution in [2.45, 2.75) is 52.7 Å². The van der Waals surface area contributed by atoms with Crippen LogP contribution in [0.15, 0.2) is 18.2 Å². The molecule has 3 N–H and O–H groups in total. The van der Waals surface area contributed by atoms with Gasteiger partial charge in [0.2, 0.25) is 0 Å². The quantitative estimate of drug-likeness (QED) is 0.667. The number of hydrogen-bond acceptors (Lipinski definition) is 4. The summed E-state index contributed by atoms with van der Waals surface area (Å²) >= 11 is 0. The summed E-state index contributed by atoms with van der Waals surface area (Å²) in [6, 6.07) is 4.42. The third-order valence-corrected chi connectivity index (χ3v) is 3.18. The summed E-state index contributed by atoms with van der Waals surface area (Å²) in [6.07, 6.45) is 1.84. The van der Waals surface area contributed by atoms with Gasteiger partial charge in [-0.25, -0.2) is 10.2 Å². The zero-order chi connectivity index (χ0) is 18.1. The Morgan fingerprint density at radius 2 is 1.83 bits per heavy atom. The van der Waals surface area contributed by atoms with E-state index in [4.69, 9.17) is 9.47 Å². The van der Waals surface area contributed by atoms with Gasteiger partial charge in [-0.3, -0.25) is 10.2 Å². The molecule has 1 rings (SSSR count). The van der Waals surface area contributed by atoms with Crippen molar-refractivity contribution < 1.29 is 19.1 Å². The Hall–Kier alpha value is -2.44. The second-order valence-corrected chi connectivity index (χ2v) is 5.77. The van der Waals surface area contributed by atoms with Crippen molar-refractivity contribution >= 4 is 11.9 Å². The van der Waals surface area contributed by atoms with E-state index in [2.05, 4.69) is 16.2 Å². The summed E-state index contributed by atoms with van der Waals surface area (Å²) in [7, 11) is 1.50. The Morgan fingerprint density at radius 1 is 1.12 bits per heavy atom. The molecule has 0 radical (unpaired) electrons. The maximum atomic E-state index is 12.1. The highest BCUT2D eigenvalue weighted by Crippen LogP contribution is 2.28. The van der Waals surface area contributed by atoms with E-state index in [1.165, 1.54) is 7.11 Å². The van der Waals surface area contributed by atoms with Crippen LogP contribution in [0.3, 0.4) is 0 Å². The normalized spacial score (nSPS) is 11.6. The van der Waals surface area contributed by atoms with E-state index >= 15 is 0 Å². The Morgan fingerprint density at radius 3 is 2.42 bits per heavy atom. The molecule has 1 atom stereocenters. The van der Waals surface area contributed by atoms with E-state index in [-0.39, 0.29) is 12.1 Å². The largest absolute Gasteiger partial charge is 0.493 e. The van der Waals surface area contributed by atoms with Crippen LogP contribution in [0.4, 0.5) is 4.79 Å². The number of benzene rings is 1. The van der Waals surface area contributed by atoms with Crippen LogP contribution in [0.2, 0.25) is 0 Å². The molecule has 0 saturated carbocycles. The molecule has 0 aromatic heterocycles. The third kappa shape index (κ3) is 6.36. The second-order valence-electron chi connectivity index (χ2n) is 5.77. The van der Waals surface area contributed by atoms with Gasteiger partial charge in [-0.2, -0.15) is 0 Å². The van der Waals surface area contributed by atoms with E-state index in [1.54, 1.807) is 18.2 Å². The Balaban J connectivity index is 2.63. The number of urea groups is 1. The molecule has 3 amide bonds. The molecule has 1 aromatic rings. The lowest BCUT2D eigenvalue weighted by Gasteiger charge is -2.15. The first-order chi connectivity index (χ1) is 11.4. The summed E-state index contributed by atoms with van der Waals surface area (Å²) in [4.78, 5) is 23.8. The van der Waals surface area contributed by atoms with Crippen molar-refractivity contribution in [2.24, 2.45) is 0 Å². The van der Waals surface area contributed by atoms with E-state index in [0.29, 0.717) is 17.1 Å². The molecule has 1 aromatic carbocycles. The molecule has 0 bridgehead atoms. The first-order valence-electron chi connectivity index (χ1n) is 8.08. The first kappa shape index (κ1) is 19.6. The number of nitrogens with one attached hydrogen (secondary N) is 3. The zero-order valence-corrected chi connectivity index (χ0v) is 14.9. The summed E-state index contributed by atoms with van der Waals surface area (Å²) in [5.41, 5.74) is 5.05. The van der Waals surface area contributed by atoms with Crippen molar-refractivity contribution in [3.63, 3.8) is 0 Å². The summed E-state index contributed by atoms with van der Waals surface area (Å²) in [5, 5.41) is 2.73. The van der Waals surface area contributed by atoms with E-state index in [1.807, 2.05) is 27.7 Å². The topological polar surface area (TPSA) is 88.7 Å². The van der Waals surface area contributed by atoms with Gasteiger partial charge in [0.05, 0.1) is 13.2 Å². The molecule has 134 valence electrons. The van der Waals surface area contributed by atoms with Crippen LogP contribution in [-0.2, 0) is 0 Å². The van der Waals surface area contributed by atoms with Crippen molar-refractivity contribution in [3.8, 4) is 11.5 Å². The van der Waals surface area contributed by atoms with E-state index < -0.39 is 11.9 Å². The lowest BCUT2D eigenvalue weighted by atomic mass is 10.2. The molecule has 0 unspecified atom stereocenters. The van der Waals surface area contributed by atoms with Gasteiger partial charge >= 0.3 is 6.03 Å². The lowest BCUT2D eigenvalue weighted by Crippen LogP contribution is -2.49. The van der Waals surface area contributed by atoms with Crippen molar-refractivity contribution in [2.75, 3.05) is 7.11 Å². The monoisotopic (exact) mass is 337 g/mol. The number of carbonyl (C=O) groups excluding carboxylic acids is 2. The van der Waals surface area contributed by atoms with Gasteiger partial charge in [-0.15, -0.1) is 0 Å². The Kier molecular flexibility index (Phi) is 7.88. The maximum absolute atomic E-state index is 12.1. The minimum Gasteiger partial charge on any atom is -0.493 e. The number of hydrogen-bond donors (Lipinski definition) is 3. The molecule has 7 nitrogen and oxygen atoms in total. The second kappa shape index (κ2) is 9.64. The predicted molar refractivity (Wildman–Crippen MR) is 92.3 cm³/mol. The SMILES string of the molecule is CCC[C@@H](C)NC(=O)NNC(=O)c1ccc(OC(C)C)c(OC)c1. The van der Waals surface area contributed by atoms with Crippen LogP contribution in [0.5, 0.6) is 11.5 Å². The molecule has 24 heavy (non-hydrogen) atoms. The average molecular weight is 337 g/mol. The van der Waals surface area contributed by atoms with Gasteiger partial charge in [0, 0.05) is 11.6 Å². The summed E-state index contributed by atoms with van der Waals surface area (Å²) in [6.45, 7) is 7.76. The first-order valence-corrected chi connectivity index (χ1v) is 8.08. The number of rotatable bonds is 7. The van der Waals surface area contributed by atoms with E-state index in [0.717, 1.165) is 12.8 Å². The van der Waals surface area contributed by atoms with Crippen LogP contribution in [0, 0.1) is 0 Å². The molecule has 0 fully saturated rings. The van der Waals surface area contributed by atoms with Crippen LogP contribution in [0.25, 0.3) is 0 Å². The van der Waals surface area contributed by atoms with Gasteiger partial charge in [-0.05, 0) is 45.4 Å². The fourth-order valence-corrected chi connectivity index (χ4v) is 2.11. The van der Waals surface area contributed by atoms with Gasteiger partial charge in [0.25, 0.3) is 5.91 Å². The minimum atomic E-state index is -0.448. The number of methoxy groups -OCH3 is 1. The molecule has 7 heteroatoms. The average Bonchev–Trinajstić information content (AvgIpc) is 2.52. The lowest BCUT2D eigenvalue weighted by molar-refractivity contribution is 0.0935. The number of amides is 3. The minimum absolute atomic E-state index is 0.00551. The predicted octanol–water partition coefficient (Wildman–Crippen LogP) is 2.62. The van der Waals surface area contributed by atoms with Crippen LogP contribution < -0.4 is 25.6 Å². The highest BCUT2D eigenvalue weighted by atomic mass is 16.5. The highest BCUT2D eigenvalue weighted by Gasteiger charge is 2.13. The fourth-order valence-electron chi connectivity index (χ4n) is 2.11. The fraction of sp³-hybridized carbons (Fsp3) is 0.529. The Labute approximate surface area is 143 Å². The molecule has 0 aliphatic carbocycles. The molecule has 0 aliphatic rings. The molecular formula is C17H27N3O4. The molecule has 0 saturated heterocycles. The van der Waals surface area contributed by atoms with Crippen molar-refractivity contribution in [3.05, 3.63) is 23.8 Å². The zero-order valence-electron chi connectivity index (χ0n) is 14.9. The van der Waals surface area contributed by atoms with Crippen molar-refractivity contribution in [1.29, 1.82) is 0 Å². The van der Waals surface area contributed by atoms with Gasteiger partial charge in [0.15, 0.2) is 11.5 Å². The van der Waals surface area contributed by atoms with Gasteiger partial charge in [0.1, 0.15) is 0 Å². The number of carbonyl (C=O) groups is 2. The van der Waals surface area contributed by atoms with Crippen LogP contribution in [-0.4, -0.2) is 31.2 Å². The van der Waals surface area contributed by atoms with Gasteiger partial charge in [-0.1, -0.05) is 13.3 Å². The van der Waals surface area contributed by atoms with Crippen LogP contribution in [0.1, 0.15) is 50.9 Å². The molecule has 0 aliphatic heterocycles. The smallest absolute Gasteiger partial charge is 0.333 e. The van der Waals surface area contributed by atoms with Crippen LogP contribution >= 0.6 is 0 Å². The molecular weight excluding hydrogens is 310 g/mol. The molecule has 0 heterocycles. The maximum Gasteiger partial charge on any atom is 0.333 e. The number of hydrazine groups is 1. The van der Waals surface area contributed by atoms with Crippen molar-refractivity contribution in [1.82, 2.24) is 16.2 Å². The summed E-state index contributed by atoms with van der Waals surface area (Å²) < 4.78 is 10.8. The summed E-state index contributed by atoms with van der Waals surface area (Å²) in [5.74, 6) is 0.572. The number of ether oxygens (including phenoxy) is 2. The van der Waals surface area contributed by atoms with E-state index in [9.17, 15) is 9.59 Å².